The number of thioether (sulfide) groups is 1. The van der Waals surface area contributed by atoms with Crippen molar-refractivity contribution in [3.05, 3.63) is 70.8 Å². The van der Waals surface area contributed by atoms with Crippen molar-refractivity contribution in [2.24, 2.45) is 0 Å². The molecule has 0 aliphatic carbocycles. The molecule has 0 radical (unpaired) electrons. The van der Waals surface area contributed by atoms with Crippen LogP contribution in [0.25, 0.3) is 23.0 Å². The van der Waals surface area contributed by atoms with Crippen LogP contribution in [-0.4, -0.2) is 37.6 Å². The van der Waals surface area contributed by atoms with Gasteiger partial charge in [0.15, 0.2) is 0 Å². The zero-order chi connectivity index (χ0) is 23.5. The minimum absolute atomic E-state index is 0.0392. The molecular formula is C26H27N3O2S2. The van der Waals surface area contributed by atoms with E-state index in [0.29, 0.717) is 15.8 Å². The fraction of sp³-hybridized carbons (Fsp3) is 0.269. The number of nitrogens with zero attached hydrogens (tertiary/aromatic N) is 3. The molecule has 1 aliphatic heterocycles. The van der Waals surface area contributed by atoms with E-state index in [4.69, 9.17) is 22.1 Å². The van der Waals surface area contributed by atoms with Gasteiger partial charge in [-0.15, -0.1) is 0 Å². The van der Waals surface area contributed by atoms with E-state index in [1.54, 1.807) is 4.90 Å². The Balaban J connectivity index is 1.80. The summed E-state index contributed by atoms with van der Waals surface area (Å²) in [5.74, 6) is 0.790. The van der Waals surface area contributed by atoms with Crippen LogP contribution < -0.4 is 4.74 Å². The summed E-state index contributed by atoms with van der Waals surface area (Å²) in [5.41, 5.74) is 4.69. The van der Waals surface area contributed by atoms with Gasteiger partial charge in [-0.05, 0) is 69.2 Å². The first-order valence-electron chi connectivity index (χ1n) is 11.1. The van der Waals surface area contributed by atoms with Crippen LogP contribution in [0.3, 0.4) is 0 Å². The Morgan fingerprint density at radius 2 is 1.94 bits per heavy atom. The van der Waals surface area contributed by atoms with Gasteiger partial charge in [-0.25, -0.2) is 4.68 Å². The Labute approximate surface area is 204 Å². The maximum Gasteiger partial charge on any atom is 0.266 e. The highest BCUT2D eigenvalue weighted by Crippen LogP contribution is 2.36. The van der Waals surface area contributed by atoms with Crippen LogP contribution >= 0.6 is 24.0 Å². The van der Waals surface area contributed by atoms with Gasteiger partial charge in [0.05, 0.1) is 16.7 Å². The first-order chi connectivity index (χ1) is 15.9. The van der Waals surface area contributed by atoms with Gasteiger partial charge in [-0.2, -0.15) is 5.10 Å². The van der Waals surface area contributed by atoms with Crippen molar-refractivity contribution in [1.29, 1.82) is 0 Å². The average Bonchev–Trinajstić information content (AvgIpc) is 3.31. The third-order valence-corrected chi connectivity index (χ3v) is 6.57. The number of aryl methyl sites for hydroxylation is 1. The number of thiocarbonyl (C=S) groups is 1. The molecular weight excluding hydrogens is 450 g/mol. The first kappa shape index (κ1) is 23.3. The predicted octanol–water partition coefficient (Wildman–Crippen LogP) is 6.25. The van der Waals surface area contributed by atoms with Crippen LogP contribution in [0.4, 0.5) is 0 Å². The molecule has 5 nitrogen and oxygen atoms in total. The van der Waals surface area contributed by atoms with E-state index in [9.17, 15) is 4.79 Å². The van der Waals surface area contributed by atoms with E-state index < -0.39 is 0 Å². The summed E-state index contributed by atoms with van der Waals surface area (Å²) in [6.45, 7) is 8.75. The number of aromatic nitrogens is 2. The van der Waals surface area contributed by atoms with Crippen molar-refractivity contribution < 1.29 is 9.53 Å². The lowest BCUT2D eigenvalue weighted by atomic mass is 10.0. The lowest BCUT2D eigenvalue weighted by molar-refractivity contribution is -0.122. The number of amides is 1. The molecule has 2 aromatic carbocycles. The van der Waals surface area contributed by atoms with Gasteiger partial charge in [0.2, 0.25) is 0 Å². The van der Waals surface area contributed by atoms with Crippen molar-refractivity contribution in [1.82, 2.24) is 14.7 Å². The van der Waals surface area contributed by atoms with E-state index in [2.05, 4.69) is 6.92 Å². The SMILES string of the molecule is CCCN1C(=O)C(=Cc2cn(-c3ccccc3)nc2-c2ccc(OC(C)C)cc2C)SC1=S. The van der Waals surface area contributed by atoms with Crippen LogP contribution in [0.15, 0.2) is 59.6 Å². The van der Waals surface area contributed by atoms with Crippen molar-refractivity contribution in [2.45, 2.75) is 40.2 Å². The second-order valence-electron chi connectivity index (χ2n) is 8.19. The monoisotopic (exact) mass is 477 g/mol. The topological polar surface area (TPSA) is 47.4 Å². The van der Waals surface area contributed by atoms with E-state index >= 15 is 0 Å². The number of para-hydroxylation sites is 1. The highest BCUT2D eigenvalue weighted by Gasteiger charge is 2.31. The standard InChI is InChI=1S/C26H27N3O2S2/c1-5-13-28-25(30)23(33-26(28)32)15-19-16-29(20-9-7-6-8-10-20)27-24(19)22-12-11-21(14-18(22)4)31-17(2)3/h6-12,14-17H,5,13H2,1-4H3. The predicted molar refractivity (Wildman–Crippen MR) is 140 cm³/mol. The van der Waals surface area contributed by atoms with Crippen LogP contribution in [0.5, 0.6) is 5.75 Å². The van der Waals surface area contributed by atoms with Crippen LogP contribution in [0.1, 0.15) is 38.3 Å². The molecule has 1 fully saturated rings. The molecule has 7 heteroatoms. The maximum atomic E-state index is 13.0. The van der Waals surface area contributed by atoms with Crippen molar-refractivity contribution in [2.75, 3.05) is 6.54 Å². The molecule has 1 amide bonds. The molecule has 0 atom stereocenters. The minimum atomic E-state index is -0.0392. The van der Waals surface area contributed by atoms with Crippen LogP contribution in [0.2, 0.25) is 0 Å². The second-order valence-corrected chi connectivity index (χ2v) is 9.87. The number of ether oxygens (including phenoxy) is 1. The van der Waals surface area contributed by atoms with Gasteiger partial charge in [0.1, 0.15) is 15.8 Å². The van der Waals surface area contributed by atoms with Crippen molar-refractivity contribution in [3.63, 3.8) is 0 Å². The molecule has 1 saturated heterocycles. The number of rotatable bonds is 7. The number of carbonyl (C=O) groups excluding carboxylic acids is 1. The number of hydrogen-bond donors (Lipinski definition) is 0. The minimum Gasteiger partial charge on any atom is -0.491 e. The molecule has 1 aromatic heterocycles. The molecule has 1 aliphatic rings. The highest BCUT2D eigenvalue weighted by molar-refractivity contribution is 8.26. The molecule has 0 unspecified atom stereocenters. The molecule has 0 bridgehead atoms. The molecule has 0 N–H and O–H groups in total. The van der Waals surface area contributed by atoms with Gasteiger partial charge in [-0.3, -0.25) is 9.69 Å². The van der Waals surface area contributed by atoms with E-state index in [1.165, 1.54) is 11.8 Å². The number of benzene rings is 2. The number of hydrogen-bond acceptors (Lipinski definition) is 5. The zero-order valence-electron chi connectivity index (χ0n) is 19.2. The molecule has 170 valence electrons. The number of carbonyl (C=O) groups is 1. The summed E-state index contributed by atoms with van der Waals surface area (Å²) in [6.07, 6.45) is 4.85. The molecule has 0 spiro atoms. The average molecular weight is 478 g/mol. The molecule has 33 heavy (non-hydrogen) atoms. The van der Waals surface area contributed by atoms with Crippen molar-refractivity contribution >= 4 is 40.3 Å². The lowest BCUT2D eigenvalue weighted by Crippen LogP contribution is -2.28. The lowest BCUT2D eigenvalue weighted by Gasteiger charge is -2.12. The fourth-order valence-electron chi connectivity index (χ4n) is 3.72. The molecule has 2 heterocycles. The van der Waals surface area contributed by atoms with Gasteiger partial charge >= 0.3 is 0 Å². The Bertz CT molecular complexity index is 1220. The second kappa shape index (κ2) is 9.93. The summed E-state index contributed by atoms with van der Waals surface area (Å²) >= 11 is 6.80. The maximum absolute atomic E-state index is 13.0. The summed E-state index contributed by atoms with van der Waals surface area (Å²) in [6, 6.07) is 16.0. The van der Waals surface area contributed by atoms with Crippen LogP contribution in [-0.2, 0) is 4.79 Å². The van der Waals surface area contributed by atoms with Crippen molar-refractivity contribution in [3.8, 4) is 22.7 Å². The van der Waals surface area contributed by atoms with E-state index in [1.807, 2.05) is 86.3 Å². The molecule has 3 aromatic rings. The zero-order valence-corrected chi connectivity index (χ0v) is 20.9. The summed E-state index contributed by atoms with van der Waals surface area (Å²) in [5, 5.41) is 4.91. The largest absolute Gasteiger partial charge is 0.491 e. The molecule has 0 saturated carbocycles. The van der Waals surface area contributed by atoms with Gasteiger partial charge < -0.3 is 4.74 Å². The van der Waals surface area contributed by atoms with Crippen LogP contribution in [0, 0.1) is 6.92 Å². The Morgan fingerprint density at radius 3 is 2.61 bits per heavy atom. The quantitative estimate of drug-likeness (QED) is 0.297. The summed E-state index contributed by atoms with van der Waals surface area (Å²) in [4.78, 5) is 15.3. The highest BCUT2D eigenvalue weighted by atomic mass is 32.2. The summed E-state index contributed by atoms with van der Waals surface area (Å²) in [7, 11) is 0. The molecule has 4 rings (SSSR count). The third-order valence-electron chi connectivity index (χ3n) is 5.20. The normalized spacial score (nSPS) is 15.2. The van der Waals surface area contributed by atoms with E-state index in [0.717, 1.165) is 40.2 Å². The first-order valence-corrected chi connectivity index (χ1v) is 12.3. The van der Waals surface area contributed by atoms with Gasteiger partial charge in [-0.1, -0.05) is 49.1 Å². The fourth-order valence-corrected chi connectivity index (χ4v) is 5.02. The van der Waals surface area contributed by atoms with E-state index in [-0.39, 0.29) is 12.0 Å². The Morgan fingerprint density at radius 1 is 1.18 bits per heavy atom. The smallest absolute Gasteiger partial charge is 0.266 e. The summed E-state index contributed by atoms with van der Waals surface area (Å²) < 4.78 is 8.31. The van der Waals surface area contributed by atoms with Gasteiger partial charge in [0, 0.05) is 23.9 Å². The Kier molecular flexibility index (Phi) is 7.00. The Hall–Kier alpha value is -2.90. The van der Waals surface area contributed by atoms with Gasteiger partial charge in [0.25, 0.3) is 5.91 Å². The third kappa shape index (κ3) is 5.04.